The van der Waals surface area contributed by atoms with E-state index >= 15 is 0 Å². The van der Waals surface area contributed by atoms with Crippen LogP contribution in [0.5, 0.6) is 0 Å². The molecule has 1 N–H and O–H groups in total. The number of aliphatic hydroxyl groups is 1. The third kappa shape index (κ3) is 4.09. The Kier molecular flexibility index (Phi) is 4.76. The lowest BCUT2D eigenvalue weighted by molar-refractivity contribution is -0.137. The van der Waals surface area contributed by atoms with Crippen LogP contribution in [0.2, 0.25) is 10.0 Å². The Hall–Kier alpha value is -1.30. The maximum atomic E-state index is 12.4. The van der Waals surface area contributed by atoms with E-state index in [4.69, 9.17) is 23.2 Å². The number of hydrogen-bond donors (Lipinski definition) is 1. The third-order valence-corrected chi connectivity index (χ3v) is 3.47. The maximum Gasteiger partial charge on any atom is 0.417 e. The fourth-order valence-electron chi connectivity index (χ4n) is 1.77. The van der Waals surface area contributed by atoms with Gasteiger partial charge in [-0.25, -0.2) is 0 Å². The van der Waals surface area contributed by atoms with Gasteiger partial charge < -0.3 is 5.11 Å². The molecule has 21 heavy (non-hydrogen) atoms. The van der Waals surface area contributed by atoms with Crippen LogP contribution < -0.4 is 0 Å². The molecule has 0 spiro atoms. The molecule has 0 bridgehead atoms. The summed E-state index contributed by atoms with van der Waals surface area (Å²) < 4.78 is 37.3. The predicted molar refractivity (Wildman–Crippen MR) is 74.4 cm³/mol. The van der Waals surface area contributed by atoms with Crippen molar-refractivity contribution in [3.63, 3.8) is 0 Å². The van der Waals surface area contributed by atoms with E-state index in [0.717, 1.165) is 12.1 Å². The molecule has 0 aliphatic heterocycles. The number of rotatable bonds is 3. The van der Waals surface area contributed by atoms with Gasteiger partial charge in [0.05, 0.1) is 17.4 Å². The molecule has 112 valence electrons. The molecule has 0 aliphatic carbocycles. The highest BCUT2D eigenvalue weighted by molar-refractivity contribution is 6.35. The number of nitrogens with zero attached hydrogens (tertiary/aromatic N) is 1. The lowest BCUT2D eigenvalue weighted by Gasteiger charge is -2.13. The zero-order valence-corrected chi connectivity index (χ0v) is 12.0. The van der Waals surface area contributed by atoms with Gasteiger partial charge in [0.2, 0.25) is 0 Å². The van der Waals surface area contributed by atoms with Crippen molar-refractivity contribution in [2.45, 2.75) is 18.7 Å². The van der Waals surface area contributed by atoms with Gasteiger partial charge in [0.25, 0.3) is 0 Å². The summed E-state index contributed by atoms with van der Waals surface area (Å²) in [7, 11) is 0. The molecule has 2 nitrogen and oxygen atoms in total. The topological polar surface area (TPSA) is 33.1 Å². The highest BCUT2D eigenvalue weighted by Crippen LogP contribution is 2.30. The highest BCUT2D eigenvalue weighted by Gasteiger charge is 2.30. The summed E-state index contributed by atoms with van der Waals surface area (Å²) >= 11 is 11.7. The molecule has 1 atom stereocenters. The fraction of sp³-hybridized carbons (Fsp3) is 0.214. The lowest BCUT2D eigenvalue weighted by Crippen LogP contribution is -2.09. The summed E-state index contributed by atoms with van der Waals surface area (Å²) in [6.45, 7) is 0. The number of halogens is 5. The molecule has 0 amide bonds. The Morgan fingerprint density at radius 1 is 1.14 bits per heavy atom. The molecule has 0 radical (unpaired) electrons. The summed E-state index contributed by atoms with van der Waals surface area (Å²) in [5.74, 6) is 0. The Morgan fingerprint density at radius 3 is 2.38 bits per heavy atom. The minimum absolute atomic E-state index is 0.133. The normalized spacial score (nSPS) is 13.2. The summed E-state index contributed by atoms with van der Waals surface area (Å²) in [6.07, 6.45) is -4.67. The van der Waals surface area contributed by atoms with Gasteiger partial charge in [-0.15, -0.1) is 0 Å². The summed E-state index contributed by atoms with van der Waals surface area (Å²) in [4.78, 5) is 3.65. The average molecular weight is 336 g/mol. The first-order valence-electron chi connectivity index (χ1n) is 5.92. The summed E-state index contributed by atoms with van der Waals surface area (Å²) in [5.41, 5.74) is -0.0766. The minimum Gasteiger partial charge on any atom is -0.386 e. The first-order chi connectivity index (χ1) is 9.77. The molecular weight excluding hydrogens is 326 g/mol. The van der Waals surface area contributed by atoms with Gasteiger partial charge in [-0.05, 0) is 29.8 Å². The van der Waals surface area contributed by atoms with Crippen molar-refractivity contribution in [1.82, 2.24) is 4.98 Å². The number of aliphatic hydroxyl groups excluding tert-OH is 1. The van der Waals surface area contributed by atoms with Gasteiger partial charge in [-0.3, -0.25) is 4.98 Å². The van der Waals surface area contributed by atoms with Crippen molar-refractivity contribution in [3.8, 4) is 0 Å². The van der Waals surface area contributed by atoms with E-state index in [9.17, 15) is 18.3 Å². The third-order valence-electron chi connectivity index (χ3n) is 2.88. The maximum absolute atomic E-state index is 12.4. The van der Waals surface area contributed by atoms with Crippen LogP contribution in [0, 0.1) is 0 Å². The zero-order chi connectivity index (χ0) is 15.6. The number of aromatic nitrogens is 1. The summed E-state index contributed by atoms with van der Waals surface area (Å²) in [6, 6.07) is 6.84. The van der Waals surface area contributed by atoms with Crippen LogP contribution in [-0.2, 0) is 12.6 Å². The molecular formula is C14H10Cl2F3NO. The van der Waals surface area contributed by atoms with E-state index < -0.39 is 17.8 Å². The second kappa shape index (κ2) is 6.22. The van der Waals surface area contributed by atoms with Crippen LogP contribution in [0.25, 0.3) is 0 Å². The fourth-order valence-corrected chi connectivity index (χ4v) is 2.26. The van der Waals surface area contributed by atoms with Gasteiger partial charge >= 0.3 is 6.18 Å². The molecule has 2 rings (SSSR count). The first-order valence-corrected chi connectivity index (χ1v) is 6.68. The van der Waals surface area contributed by atoms with Crippen molar-refractivity contribution < 1.29 is 18.3 Å². The number of alkyl halides is 3. The van der Waals surface area contributed by atoms with Crippen molar-refractivity contribution >= 4 is 23.2 Å². The Morgan fingerprint density at radius 2 is 1.86 bits per heavy atom. The van der Waals surface area contributed by atoms with E-state index in [0.29, 0.717) is 21.8 Å². The smallest absolute Gasteiger partial charge is 0.386 e. The molecule has 1 heterocycles. The minimum atomic E-state index is -4.45. The molecule has 0 aliphatic rings. The monoisotopic (exact) mass is 335 g/mol. The lowest BCUT2D eigenvalue weighted by atomic mass is 10.0. The Labute approximate surface area is 129 Å². The molecule has 2 aromatic rings. The van der Waals surface area contributed by atoms with E-state index in [2.05, 4.69) is 4.98 Å². The Bertz CT molecular complexity index is 629. The molecule has 1 unspecified atom stereocenters. The second-order valence-electron chi connectivity index (χ2n) is 4.43. The van der Waals surface area contributed by atoms with E-state index in [1.54, 1.807) is 12.1 Å². The van der Waals surface area contributed by atoms with Gasteiger partial charge in [0.1, 0.15) is 0 Å². The standard InChI is InChI=1S/C14H10Cl2F3NO/c15-10-3-1-8(11(16)6-10)5-13(21)12-4-2-9(7-20-12)14(17,18)19/h1-4,6-7,13,21H,5H2. The van der Waals surface area contributed by atoms with E-state index in [-0.39, 0.29) is 12.1 Å². The van der Waals surface area contributed by atoms with E-state index in [1.165, 1.54) is 6.07 Å². The van der Waals surface area contributed by atoms with Crippen LogP contribution in [0.3, 0.4) is 0 Å². The van der Waals surface area contributed by atoms with Crippen molar-refractivity contribution in [3.05, 3.63) is 63.4 Å². The first kappa shape index (κ1) is 16.1. The number of pyridine rings is 1. The van der Waals surface area contributed by atoms with Crippen molar-refractivity contribution in [2.24, 2.45) is 0 Å². The van der Waals surface area contributed by atoms with Crippen molar-refractivity contribution in [2.75, 3.05) is 0 Å². The van der Waals surface area contributed by atoms with Crippen LogP contribution in [0.4, 0.5) is 13.2 Å². The quantitative estimate of drug-likeness (QED) is 0.883. The van der Waals surface area contributed by atoms with Gasteiger partial charge in [-0.1, -0.05) is 29.3 Å². The second-order valence-corrected chi connectivity index (χ2v) is 5.27. The molecule has 1 aromatic carbocycles. The largest absolute Gasteiger partial charge is 0.417 e. The zero-order valence-electron chi connectivity index (χ0n) is 10.5. The van der Waals surface area contributed by atoms with Gasteiger partial charge in [0.15, 0.2) is 0 Å². The highest BCUT2D eigenvalue weighted by atomic mass is 35.5. The summed E-state index contributed by atoms with van der Waals surface area (Å²) in [5, 5.41) is 10.9. The Balaban J connectivity index is 2.15. The molecule has 7 heteroatoms. The molecule has 0 saturated carbocycles. The molecule has 0 saturated heterocycles. The van der Waals surface area contributed by atoms with Gasteiger partial charge in [-0.2, -0.15) is 13.2 Å². The van der Waals surface area contributed by atoms with E-state index in [1.807, 2.05) is 0 Å². The number of benzene rings is 1. The van der Waals surface area contributed by atoms with Crippen LogP contribution in [-0.4, -0.2) is 10.1 Å². The molecule has 1 aromatic heterocycles. The average Bonchev–Trinajstić information content (AvgIpc) is 2.41. The predicted octanol–water partition coefficient (Wildman–Crippen LogP) is 4.68. The SMILES string of the molecule is OC(Cc1ccc(Cl)cc1Cl)c1ccc(C(F)(F)F)cn1. The van der Waals surface area contributed by atoms with Crippen LogP contribution in [0.1, 0.15) is 22.9 Å². The van der Waals surface area contributed by atoms with Crippen LogP contribution in [0.15, 0.2) is 36.5 Å². The number of hydrogen-bond acceptors (Lipinski definition) is 2. The van der Waals surface area contributed by atoms with Crippen molar-refractivity contribution in [1.29, 1.82) is 0 Å². The molecule has 0 fully saturated rings. The van der Waals surface area contributed by atoms with Crippen LogP contribution >= 0.6 is 23.2 Å². The van der Waals surface area contributed by atoms with Gasteiger partial charge in [0, 0.05) is 22.7 Å².